The molecule has 128 valence electrons. The summed E-state index contributed by atoms with van der Waals surface area (Å²) >= 11 is 0. The molecule has 0 aromatic heterocycles. The van der Waals surface area contributed by atoms with Crippen LogP contribution in [0.2, 0.25) is 0 Å². The molecule has 2 rings (SSSR count). The summed E-state index contributed by atoms with van der Waals surface area (Å²) < 4.78 is 5.37. The molecule has 2 atom stereocenters. The van der Waals surface area contributed by atoms with Gasteiger partial charge in [0.1, 0.15) is 5.75 Å². The fraction of sp³-hybridized carbons (Fsp3) is 0.350. The van der Waals surface area contributed by atoms with E-state index in [9.17, 15) is 4.79 Å². The molecule has 0 aliphatic rings. The molecule has 3 N–H and O–H groups in total. The largest absolute Gasteiger partial charge is 0.496 e. The number of nitrogens with one attached hydrogen (secondary N) is 1. The zero-order valence-corrected chi connectivity index (χ0v) is 14.6. The van der Waals surface area contributed by atoms with Gasteiger partial charge >= 0.3 is 0 Å². The van der Waals surface area contributed by atoms with Crippen molar-refractivity contribution in [2.24, 2.45) is 11.7 Å². The molecule has 0 saturated heterocycles. The van der Waals surface area contributed by atoms with Gasteiger partial charge in [0.2, 0.25) is 5.91 Å². The lowest BCUT2D eigenvalue weighted by Gasteiger charge is -2.20. The highest BCUT2D eigenvalue weighted by molar-refractivity contribution is 5.79. The van der Waals surface area contributed by atoms with Gasteiger partial charge in [0, 0.05) is 12.6 Å². The Hall–Kier alpha value is -2.33. The van der Waals surface area contributed by atoms with Gasteiger partial charge in [0.15, 0.2) is 0 Å². The molecule has 0 saturated carbocycles. The minimum atomic E-state index is -0.306. The first-order valence-corrected chi connectivity index (χ1v) is 8.24. The van der Waals surface area contributed by atoms with Gasteiger partial charge in [-0.2, -0.15) is 0 Å². The van der Waals surface area contributed by atoms with E-state index in [2.05, 4.69) is 11.4 Å². The normalized spacial score (nSPS) is 13.2. The van der Waals surface area contributed by atoms with Crippen LogP contribution < -0.4 is 15.8 Å². The van der Waals surface area contributed by atoms with E-state index in [0.717, 1.165) is 23.3 Å². The minimum absolute atomic E-state index is 0.0297. The number of methoxy groups -OCH3 is 1. The summed E-state index contributed by atoms with van der Waals surface area (Å²) in [5.74, 6) is 0.536. The lowest BCUT2D eigenvalue weighted by atomic mass is 9.94. The molecule has 0 heterocycles. The maximum absolute atomic E-state index is 12.3. The number of ether oxygens (including phenoxy) is 1. The number of hydrogen-bond acceptors (Lipinski definition) is 3. The highest BCUT2D eigenvalue weighted by Gasteiger charge is 2.21. The molecule has 0 radical (unpaired) electrons. The molecule has 4 nitrogen and oxygen atoms in total. The summed E-state index contributed by atoms with van der Waals surface area (Å²) in [5, 5.41) is 2.98. The van der Waals surface area contributed by atoms with Crippen LogP contribution in [0.25, 0.3) is 0 Å². The van der Waals surface area contributed by atoms with E-state index < -0.39 is 0 Å². The topological polar surface area (TPSA) is 64.3 Å². The molecule has 0 bridgehead atoms. The molecule has 2 aromatic rings. The van der Waals surface area contributed by atoms with Crippen molar-refractivity contribution in [3.63, 3.8) is 0 Å². The summed E-state index contributed by atoms with van der Waals surface area (Å²) in [6, 6.07) is 15.5. The summed E-state index contributed by atoms with van der Waals surface area (Å²) in [5.41, 5.74) is 9.45. The fourth-order valence-electron chi connectivity index (χ4n) is 2.71. The third-order valence-electron chi connectivity index (χ3n) is 4.27. The Morgan fingerprint density at radius 3 is 2.58 bits per heavy atom. The van der Waals surface area contributed by atoms with Crippen LogP contribution in [0.1, 0.15) is 29.7 Å². The van der Waals surface area contributed by atoms with Crippen molar-refractivity contribution in [1.29, 1.82) is 0 Å². The third kappa shape index (κ3) is 4.59. The third-order valence-corrected chi connectivity index (χ3v) is 4.27. The van der Waals surface area contributed by atoms with E-state index in [1.165, 1.54) is 5.56 Å². The van der Waals surface area contributed by atoms with Gasteiger partial charge in [0.05, 0.1) is 13.0 Å². The Labute approximate surface area is 144 Å². The highest BCUT2D eigenvalue weighted by Crippen LogP contribution is 2.21. The van der Waals surface area contributed by atoms with E-state index >= 15 is 0 Å². The predicted octanol–water partition coefficient (Wildman–Crippen LogP) is 3.00. The average molecular weight is 326 g/mol. The molecule has 4 heteroatoms. The Morgan fingerprint density at radius 2 is 1.92 bits per heavy atom. The van der Waals surface area contributed by atoms with Crippen LogP contribution in [-0.4, -0.2) is 19.6 Å². The summed E-state index contributed by atoms with van der Waals surface area (Å²) in [6.45, 7) is 4.47. The molecule has 0 spiro atoms. The first-order chi connectivity index (χ1) is 11.5. The Bertz CT molecular complexity index is 671. The molecule has 0 aliphatic carbocycles. The van der Waals surface area contributed by atoms with Crippen LogP contribution in [0.3, 0.4) is 0 Å². The van der Waals surface area contributed by atoms with Crippen LogP contribution in [0.15, 0.2) is 48.5 Å². The van der Waals surface area contributed by atoms with Gasteiger partial charge < -0.3 is 15.8 Å². The summed E-state index contributed by atoms with van der Waals surface area (Å²) in [6.07, 6.45) is 0.726. The van der Waals surface area contributed by atoms with Crippen LogP contribution in [-0.2, 0) is 11.2 Å². The second-order valence-corrected chi connectivity index (χ2v) is 6.08. The molecule has 1 amide bonds. The number of carbonyl (C=O) groups excluding carboxylic acids is 1. The van der Waals surface area contributed by atoms with Gasteiger partial charge in [-0.05, 0) is 30.5 Å². The maximum Gasteiger partial charge on any atom is 0.224 e. The zero-order valence-electron chi connectivity index (χ0n) is 14.6. The maximum atomic E-state index is 12.3. The van der Waals surface area contributed by atoms with Crippen molar-refractivity contribution in [3.05, 3.63) is 65.2 Å². The summed E-state index contributed by atoms with van der Waals surface area (Å²) in [7, 11) is 1.66. The first kappa shape index (κ1) is 18.0. The smallest absolute Gasteiger partial charge is 0.224 e. The number of amides is 1. The number of benzene rings is 2. The zero-order chi connectivity index (χ0) is 17.5. The fourth-order valence-corrected chi connectivity index (χ4v) is 2.71. The van der Waals surface area contributed by atoms with E-state index in [4.69, 9.17) is 10.5 Å². The summed E-state index contributed by atoms with van der Waals surface area (Å²) in [4.78, 5) is 12.3. The van der Waals surface area contributed by atoms with Crippen LogP contribution >= 0.6 is 0 Å². The quantitative estimate of drug-likeness (QED) is 0.822. The number of rotatable bonds is 7. The molecule has 2 unspecified atom stereocenters. The number of aryl methyl sites for hydroxylation is 1. The van der Waals surface area contributed by atoms with E-state index in [1.54, 1.807) is 7.11 Å². The molecule has 24 heavy (non-hydrogen) atoms. The van der Waals surface area contributed by atoms with Gasteiger partial charge in [-0.15, -0.1) is 0 Å². The Balaban J connectivity index is 1.90. The number of carbonyl (C=O) groups is 1. The second-order valence-electron chi connectivity index (χ2n) is 6.08. The van der Waals surface area contributed by atoms with Gasteiger partial charge in [-0.3, -0.25) is 4.79 Å². The van der Waals surface area contributed by atoms with Crippen LogP contribution in [0.5, 0.6) is 5.75 Å². The minimum Gasteiger partial charge on any atom is -0.496 e. The van der Waals surface area contributed by atoms with Crippen LogP contribution in [0, 0.1) is 12.8 Å². The second kappa shape index (κ2) is 8.50. The van der Waals surface area contributed by atoms with E-state index in [-0.39, 0.29) is 17.9 Å². The monoisotopic (exact) mass is 326 g/mol. The van der Waals surface area contributed by atoms with Crippen molar-refractivity contribution in [2.75, 3.05) is 13.7 Å². The lowest BCUT2D eigenvalue weighted by molar-refractivity contribution is -0.125. The molecule has 0 aliphatic heterocycles. The predicted molar refractivity (Wildman–Crippen MR) is 97.0 cm³/mol. The molecule has 2 aromatic carbocycles. The number of nitrogens with two attached hydrogens (primary N) is 1. The van der Waals surface area contributed by atoms with Gasteiger partial charge in [0.25, 0.3) is 0 Å². The van der Waals surface area contributed by atoms with Crippen molar-refractivity contribution in [3.8, 4) is 5.75 Å². The van der Waals surface area contributed by atoms with Crippen molar-refractivity contribution >= 4 is 5.91 Å². The lowest BCUT2D eigenvalue weighted by Crippen LogP contribution is -2.36. The average Bonchev–Trinajstić information content (AvgIpc) is 2.61. The number of hydrogen-bond donors (Lipinski definition) is 2. The Kier molecular flexibility index (Phi) is 6.38. The molecular weight excluding hydrogens is 300 g/mol. The van der Waals surface area contributed by atoms with Crippen molar-refractivity contribution in [1.82, 2.24) is 5.32 Å². The highest BCUT2D eigenvalue weighted by atomic mass is 16.5. The molecule has 0 fully saturated rings. The van der Waals surface area contributed by atoms with E-state index in [1.807, 2.05) is 56.3 Å². The SMILES string of the molecule is COc1ccc(C)cc1CCNC(=O)C(C)C(N)c1ccccc1. The van der Waals surface area contributed by atoms with Crippen molar-refractivity contribution in [2.45, 2.75) is 26.3 Å². The molecular formula is C20H26N2O2. The first-order valence-electron chi connectivity index (χ1n) is 8.24. The van der Waals surface area contributed by atoms with Crippen molar-refractivity contribution < 1.29 is 9.53 Å². The van der Waals surface area contributed by atoms with Gasteiger partial charge in [-0.1, -0.05) is 55.0 Å². The van der Waals surface area contributed by atoms with E-state index in [0.29, 0.717) is 6.54 Å². The standard InChI is InChI=1S/C20H26N2O2/c1-14-9-10-18(24-3)17(13-14)11-12-22-20(23)15(2)19(21)16-7-5-4-6-8-16/h4-10,13,15,19H,11-12,21H2,1-3H3,(H,22,23). The van der Waals surface area contributed by atoms with Gasteiger partial charge in [-0.25, -0.2) is 0 Å². The Morgan fingerprint density at radius 1 is 1.21 bits per heavy atom. The van der Waals surface area contributed by atoms with Crippen LogP contribution in [0.4, 0.5) is 0 Å².